The summed E-state index contributed by atoms with van der Waals surface area (Å²) in [5, 5.41) is 9.74. The zero-order valence-electron chi connectivity index (χ0n) is 5.12. The van der Waals surface area contributed by atoms with E-state index in [-0.39, 0.29) is 6.08 Å². The highest BCUT2D eigenvalue weighted by Crippen LogP contribution is 1.98. The third kappa shape index (κ3) is 3.67. The van der Waals surface area contributed by atoms with Crippen LogP contribution in [0.2, 0.25) is 0 Å². The molecule has 0 aliphatic heterocycles. The molecule has 0 heterocycles. The second kappa shape index (κ2) is 5.25. The van der Waals surface area contributed by atoms with Gasteiger partial charge < -0.3 is 9.47 Å². The van der Waals surface area contributed by atoms with Crippen molar-refractivity contribution >= 4 is 18.0 Å². The number of hydrogen-bond acceptors (Lipinski definition) is 5. The number of ether oxygens (including phenoxy) is 2. The fourth-order valence-electron chi connectivity index (χ4n) is 0.216. The highest BCUT2D eigenvalue weighted by Gasteiger charge is 1.92. The van der Waals surface area contributed by atoms with E-state index < -0.39 is 0 Å². The molecule has 9 heavy (non-hydrogen) atoms. The van der Waals surface area contributed by atoms with Gasteiger partial charge in [-0.3, -0.25) is 0 Å². The van der Waals surface area contributed by atoms with Crippen molar-refractivity contribution < 1.29 is 9.47 Å². The van der Waals surface area contributed by atoms with E-state index in [9.17, 15) is 0 Å². The first kappa shape index (κ1) is 8.11. The van der Waals surface area contributed by atoms with Crippen molar-refractivity contribution in [1.82, 2.24) is 0 Å². The highest BCUT2D eigenvalue weighted by molar-refractivity contribution is 8.02. The van der Waals surface area contributed by atoms with Crippen LogP contribution in [0.25, 0.3) is 0 Å². The molecule has 0 radical (unpaired) electrons. The normalized spacial score (nSPS) is 7.22. The molecule has 0 amide bonds. The first-order valence-electron chi connectivity index (χ1n) is 2.06. The molecule has 0 aromatic carbocycles. The Bertz CT molecular complexity index is 134. The molecule has 0 aliphatic carbocycles. The van der Waals surface area contributed by atoms with Crippen LogP contribution >= 0.6 is 11.9 Å². The van der Waals surface area contributed by atoms with Gasteiger partial charge in [-0.15, -0.1) is 4.40 Å². The second-order valence-electron chi connectivity index (χ2n) is 0.948. The molecule has 0 aromatic rings. The van der Waals surface area contributed by atoms with Crippen molar-refractivity contribution in [3.63, 3.8) is 0 Å². The Morgan fingerprint density at radius 2 is 2.11 bits per heavy atom. The summed E-state index contributed by atoms with van der Waals surface area (Å²) in [6.45, 7) is 0. The van der Waals surface area contributed by atoms with Gasteiger partial charge in [0.2, 0.25) is 0 Å². The molecule has 0 bridgehead atoms. The predicted molar refractivity (Wildman–Crippen MR) is 34.7 cm³/mol. The van der Waals surface area contributed by atoms with Gasteiger partial charge in [-0.05, 0) is 0 Å². The Morgan fingerprint density at radius 1 is 1.56 bits per heavy atom. The number of nitriles is 1. The maximum atomic E-state index is 8.00. The first-order chi connectivity index (χ1) is 4.35. The molecule has 5 heteroatoms. The van der Waals surface area contributed by atoms with Crippen LogP contribution in [0.1, 0.15) is 0 Å². The van der Waals surface area contributed by atoms with Gasteiger partial charge >= 0.3 is 6.08 Å². The van der Waals surface area contributed by atoms with Crippen LogP contribution in [0.5, 0.6) is 0 Å². The van der Waals surface area contributed by atoms with Crippen molar-refractivity contribution in [1.29, 1.82) is 5.26 Å². The summed E-state index contributed by atoms with van der Waals surface area (Å²) in [6, 6.07) is 0. The summed E-state index contributed by atoms with van der Waals surface area (Å²) in [4.78, 5) is 0. The average Bonchev–Trinajstić information content (AvgIpc) is 1.91. The summed E-state index contributed by atoms with van der Waals surface area (Å²) in [7, 11) is 2.83. The molecule has 0 saturated heterocycles. The van der Waals surface area contributed by atoms with E-state index in [1.807, 2.05) is 0 Å². The fraction of sp³-hybridized carbons (Fsp3) is 0.500. The molecule has 0 rings (SSSR count). The van der Waals surface area contributed by atoms with Crippen LogP contribution in [0.4, 0.5) is 0 Å². The van der Waals surface area contributed by atoms with E-state index in [2.05, 4.69) is 13.9 Å². The number of rotatable bonds is 1. The van der Waals surface area contributed by atoms with Crippen molar-refractivity contribution in [2.75, 3.05) is 14.2 Å². The van der Waals surface area contributed by atoms with Crippen LogP contribution in [-0.2, 0) is 9.47 Å². The standard InChI is InChI=1S/C4H6N2O2S/c1-7-4(8-2)6-9-3-5/h1-2H3. The number of thiocyanates is 1. The van der Waals surface area contributed by atoms with Crippen LogP contribution < -0.4 is 0 Å². The average molecular weight is 146 g/mol. The molecule has 0 aliphatic rings. The van der Waals surface area contributed by atoms with E-state index in [1.165, 1.54) is 14.2 Å². The summed E-state index contributed by atoms with van der Waals surface area (Å²) in [5.41, 5.74) is 0. The van der Waals surface area contributed by atoms with Crippen LogP contribution in [-0.4, -0.2) is 20.3 Å². The zero-order chi connectivity index (χ0) is 7.11. The van der Waals surface area contributed by atoms with Crippen molar-refractivity contribution in [3.05, 3.63) is 0 Å². The Kier molecular flexibility index (Phi) is 4.73. The molecule has 4 nitrogen and oxygen atoms in total. The molecule has 0 atom stereocenters. The van der Waals surface area contributed by atoms with Gasteiger partial charge in [-0.1, -0.05) is 0 Å². The van der Waals surface area contributed by atoms with Gasteiger partial charge in [-0.2, -0.15) is 5.26 Å². The first-order valence-corrected chi connectivity index (χ1v) is 2.83. The van der Waals surface area contributed by atoms with Crippen molar-refractivity contribution in [2.45, 2.75) is 0 Å². The third-order valence-corrected chi connectivity index (χ3v) is 0.832. The van der Waals surface area contributed by atoms with E-state index in [1.54, 1.807) is 5.40 Å². The van der Waals surface area contributed by atoms with E-state index in [0.717, 1.165) is 0 Å². The lowest BCUT2D eigenvalue weighted by Gasteiger charge is -1.97. The molecule has 0 aromatic heterocycles. The van der Waals surface area contributed by atoms with Gasteiger partial charge in [0.25, 0.3) is 0 Å². The van der Waals surface area contributed by atoms with Crippen molar-refractivity contribution in [2.24, 2.45) is 4.40 Å². The van der Waals surface area contributed by atoms with Gasteiger partial charge in [-0.25, -0.2) is 0 Å². The number of nitrogens with zero attached hydrogens (tertiary/aromatic N) is 2. The van der Waals surface area contributed by atoms with Gasteiger partial charge in [0.1, 0.15) is 0 Å². The van der Waals surface area contributed by atoms with Crippen LogP contribution in [0.3, 0.4) is 0 Å². The van der Waals surface area contributed by atoms with Gasteiger partial charge in [0.05, 0.1) is 26.2 Å². The molecule has 50 valence electrons. The minimum atomic E-state index is 0.0987. The maximum Gasteiger partial charge on any atom is 0.395 e. The molecule has 0 saturated carbocycles. The summed E-state index contributed by atoms with van der Waals surface area (Å²) in [5.74, 6) is 0. The highest BCUT2D eigenvalue weighted by atomic mass is 32.2. The second-order valence-corrected chi connectivity index (χ2v) is 1.50. The molecule has 0 spiro atoms. The van der Waals surface area contributed by atoms with E-state index in [0.29, 0.717) is 11.9 Å². The van der Waals surface area contributed by atoms with Gasteiger partial charge in [0, 0.05) is 0 Å². The van der Waals surface area contributed by atoms with E-state index >= 15 is 0 Å². The molecule has 0 N–H and O–H groups in total. The summed E-state index contributed by atoms with van der Waals surface area (Å²) in [6.07, 6.45) is 0.0987. The monoisotopic (exact) mass is 146 g/mol. The number of hydrogen-bond donors (Lipinski definition) is 0. The lowest BCUT2D eigenvalue weighted by Crippen LogP contribution is -2.01. The summed E-state index contributed by atoms with van der Waals surface area (Å²) >= 11 is 0.709. The maximum absolute atomic E-state index is 8.00. The smallest absolute Gasteiger partial charge is 0.395 e. The summed E-state index contributed by atoms with van der Waals surface area (Å²) < 4.78 is 12.6. The lowest BCUT2D eigenvalue weighted by atomic mass is 11.2. The van der Waals surface area contributed by atoms with Crippen LogP contribution in [0, 0.1) is 10.7 Å². The topological polar surface area (TPSA) is 54.6 Å². The molecular weight excluding hydrogens is 140 g/mol. The van der Waals surface area contributed by atoms with Gasteiger partial charge in [0.15, 0.2) is 5.40 Å². The van der Waals surface area contributed by atoms with Crippen LogP contribution in [0.15, 0.2) is 4.40 Å². The molecule has 0 unspecified atom stereocenters. The Hall–Kier alpha value is -0.890. The predicted octanol–water partition coefficient (Wildman–Crippen LogP) is 0.764. The Balaban J connectivity index is 3.64. The number of methoxy groups -OCH3 is 2. The van der Waals surface area contributed by atoms with Crippen molar-refractivity contribution in [3.8, 4) is 5.40 Å². The fourth-order valence-corrected chi connectivity index (χ4v) is 0.480. The third-order valence-electron chi connectivity index (χ3n) is 0.510. The largest absolute Gasteiger partial charge is 0.453 e. The zero-order valence-corrected chi connectivity index (χ0v) is 5.94. The van der Waals surface area contributed by atoms with E-state index in [4.69, 9.17) is 5.26 Å². The molecule has 0 fully saturated rings. The molecular formula is C4H6N2O2S. The quantitative estimate of drug-likeness (QED) is 0.237. The SMILES string of the molecule is COC(=NSC#N)OC. The minimum Gasteiger partial charge on any atom is -0.453 e. The lowest BCUT2D eigenvalue weighted by molar-refractivity contribution is 0.245. The Morgan fingerprint density at radius 3 is 2.44 bits per heavy atom. The Labute approximate surface area is 57.6 Å². The minimum absolute atomic E-state index is 0.0987.